The lowest BCUT2D eigenvalue weighted by molar-refractivity contribution is 0.164. The predicted molar refractivity (Wildman–Crippen MR) is 62.0 cm³/mol. The summed E-state index contributed by atoms with van der Waals surface area (Å²) >= 11 is 5.92. The molecule has 0 saturated carbocycles. The lowest BCUT2D eigenvalue weighted by Crippen LogP contribution is -2.42. The molecule has 1 aromatic heterocycles. The monoisotopic (exact) mass is 230 g/mol. The van der Waals surface area contributed by atoms with Crippen molar-refractivity contribution in [3.63, 3.8) is 0 Å². The molecule has 0 aliphatic carbocycles. The first-order chi connectivity index (χ1) is 7.01. The average molecular weight is 231 g/mol. The van der Waals surface area contributed by atoms with Crippen molar-refractivity contribution in [2.24, 2.45) is 0 Å². The van der Waals surface area contributed by atoms with Gasteiger partial charge in [0.05, 0.1) is 6.54 Å². The number of rotatable bonds is 5. The Morgan fingerprint density at radius 1 is 1.53 bits per heavy atom. The summed E-state index contributed by atoms with van der Waals surface area (Å²) in [6.07, 6.45) is 1.60. The third-order valence-electron chi connectivity index (χ3n) is 2.73. The van der Waals surface area contributed by atoms with Crippen molar-refractivity contribution in [2.45, 2.75) is 39.4 Å². The zero-order chi connectivity index (χ0) is 11.5. The number of aryl methyl sites for hydroxylation is 1. The molecule has 0 bridgehead atoms. The van der Waals surface area contributed by atoms with Crippen molar-refractivity contribution in [2.75, 3.05) is 12.9 Å². The van der Waals surface area contributed by atoms with Gasteiger partial charge in [0.25, 0.3) is 0 Å². The van der Waals surface area contributed by atoms with Gasteiger partial charge in [0.1, 0.15) is 12.2 Å². The van der Waals surface area contributed by atoms with Gasteiger partial charge in [-0.1, -0.05) is 0 Å². The normalized spacial score (nSPS) is 12.4. The molecule has 86 valence electrons. The molecule has 0 amide bonds. The number of aromatic nitrogens is 3. The molecule has 0 radical (unpaired) electrons. The summed E-state index contributed by atoms with van der Waals surface area (Å²) in [4.78, 5) is 6.43. The summed E-state index contributed by atoms with van der Waals surface area (Å²) < 4.78 is 1.90. The fraction of sp³-hybridized carbons (Fsp3) is 0.800. The predicted octanol–water partition coefficient (Wildman–Crippen LogP) is 1.75. The molecule has 0 fully saturated rings. The van der Waals surface area contributed by atoms with Crippen molar-refractivity contribution in [1.29, 1.82) is 0 Å². The van der Waals surface area contributed by atoms with E-state index < -0.39 is 0 Å². The van der Waals surface area contributed by atoms with E-state index in [1.165, 1.54) is 0 Å². The Morgan fingerprint density at radius 2 is 2.20 bits per heavy atom. The van der Waals surface area contributed by atoms with Gasteiger partial charge in [0, 0.05) is 18.0 Å². The summed E-state index contributed by atoms with van der Waals surface area (Å²) in [7, 11) is 2.05. The standard InChI is InChI=1S/C10H19ClN4/c1-5-15-9(12-8-13-15)6-14(4)10(2,3)7-11/h8H,5-7H2,1-4H3. The van der Waals surface area contributed by atoms with Crippen LogP contribution in [0.4, 0.5) is 0 Å². The van der Waals surface area contributed by atoms with Crippen LogP contribution in [0.2, 0.25) is 0 Å². The fourth-order valence-electron chi connectivity index (χ4n) is 1.20. The van der Waals surface area contributed by atoms with E-state index in [9.17, 15) is 0 Å². The van der Waals surface area contributed by atoms with E-state index in [4.69, 9.17) is 11.6 Å². The van der Waals surface area contributed by atoms with Gasteiger partial charge >= 0.3 is 0 Å². The Bertz CT molecular complexity index is 308. The second kappa shape index (κ2) is 4.94. The molecule has 0 aromatic carbocycles. The molecule has 5 heteroatoms. The van der Waals surface area contributed by atoms with E-state index in [-0.39, 0.29) is 5.54 Å². The number of hydrogen-bond donors (Lipinski definition) is 0. The fourth-order valence-corrected chi connectivity index (χ4v) is 1.41. The van der Waals surface area contributed by atoms with Crippen molar-refractivity contribution in [3.8, 4) is 0 Å². The third-order valence-corrected chi connectivity index (χ3v) is 3.39. The largest absolute Gasteiger partial charge is 0.293 e. The highest BCUT2D eigenvalue weighted by Gasteiger charge is 2.23. The van der Waals surface area contributed by atoms with Gasteiger partial charge in [-0.05, 0) is 27.8 Å². The van der Waals surface area contributed by atoms with Crippen molar-refractivity contribution in [3.05, 3.63) is 12.2 Å². The summed E-state index contributed by atoms with van der Waals surface area (Å²) in [6, 6.07) is 0. The second-order valence-electron chi connectivity index (χ2n) is 4.29. The zero-order valence-corrected chi connectivity index (χ0v) is 10.6. The van der Waals surface area contributed by atoms with Crippen molar-refractivity contribution < 1.29 is 0 Å². The first-order valence-corrected chi connectivity index (χ1v) is 5.68. The molecule has 4 nitrogen and oxygen atoms in total. The Morgan fingerprint density at radius 3 is 2.73 bits per heavy atom. The minimum atomic E-state index is -0.0217. The summed E-state index contributed by atoms with van der Waals surface area (Å²) in [5, 5.41) is 4.14. The number of alkyl halides is 1. The SMILES string of the molecule is CCn1ncnc1CN(C)C(C)(C)CCl. The van der Waals surface area contributed by atoms with Gasteiger partial charge < -0.3 is 0 Å². The molecule has 0 unspecified atom stereocenters. The maximum atomic E-state index is 5.92. The molecule has 1 heterocycles. The van der Waals surface area contributed by atoms with Crippen molar-refractivity contribution in [1.82, 2.24) is 19.7 Å². The number of halogens is 1. The van der Waals surface area contributed by atoms with Crippen LogP contribution in [0.1, 0.15) is 26.6 Å². The van der Waals surface area contributed by atoms with E-state index in [0.717, 1.165) is 18.9 Å². The topological polar surface area (TPSA) is 34.0 Å². The molecule has 1 aromatic rings. The van der Waals surface area contributed by atoms with Gasteiger partial charge in [-0.2, -0.15) is 5.10 Å². The van der Waals surface area contributed by atoms with Gasteiger partial charge in [0.15, 0.2) is 0 Å². The van der Waals surface area contributed by atoms with Crippen LogP contribution in [0.5, 0.6) is 0 Å². The Balaban J connectivity index is 2.70. The minimum absolute atomic E-state index is 0.0217. The van der Waals surface area contributed by atoms with Crippen LogP contribution in [0.25, 0.3) is 0 Å². The smallest absolute Gasteiger partial charge is 0.141 e. The molecule has 0 N–H and O–H groups in total. The van der Waals surface area contributed by atoms with Gasteiger partial charge in [-0.3, -0.25) is 4.90 Å². The van der Waals surface area contributed by atoms with Gasteiger partial charge in [-0.15, -0.1) is 11.6 Å². The number of hydrogen-bond acceptors (Lipinski definition) is 3. The zero-order valence-electron chi connectivity index (χ0n) is 9.87. The van der Waals surface area contributed by atoms with Crippen LogP contribution in [0, 0.1) is 0 Å². The minimum Gasteiger partial charge on any atom is -0.293 e. The highest BCUT2D eigenvalue weighted by Crippen LogP contribution is 2.16. The molecule has 0 aliphatic rings. The highest BCUT2D eigenvalue weighted by atomic mass is 35.5. The summed E-state index contributed by atoms with van der Waals surface area (Å²) in [6.45, 7) is 7.92. The molecular formula is C10H19ClN4. The highest BCUT2D eigenvalue weighted by molar-refractivity contribution is 6.18. The van der Waals surface area contributed by atoms with Crippen LogP contribution >= 0.6 is 11.6 Å². The summed E-state index contributed by atoms with van der Waals surface area (Å²) in [5.41, 5.74) is -0.0217. The molecule has 1 rings (SSSR count). The maximum absolute atomic E-state index is 5.92. The maximum Gasteiger partial charge on any atom is 0.141 e. The average Bonchev–Trinajstić information content (AvgIpc) is 2.65. The number of nitrogens with zero attached hydrogens (tertiary/aromatic N) is 4. The molecule has 0 spiro atoms. The van der Waals surface area contributed by atoms with E-state index in [1.807, 2.05) is 4.68 Å². The molecule has 0 atom stereocenters. The molecular weight excluding hydrogens is 212 g/mol. The molecule has 0 aliphatic heterocycles. The quantitative estimate of drug-likeness (QED) is 0.723. The van der Waals surface area contributed by atoms with Crippen LogP contribution in [0.3, 0.4) is 0 Å². The lowest BCUT2D eigenvalue weighted by Gasteiger charge is -2.33. The Labute approximate surface area is 96.2 Å². The van der Waals surface area contributed by atoms with E-state index in [2.05, 4.69) is 42.8 Å². The van der Waals surface area contributed by atoms with E-state index in [1.54, 1.807) is 6.33 Å². The lowest BCUT2D eigenvalue weighted by atomic mass is 10.1. The van der Waals surface area contributed by atoms with Crippen molar-refractivity contribution >= 4 is 11.6 Å². The van der Waals surface area contributed by atoms with Crippen LogP contribution in [-0.2, 0) is 13.1 Å². The van der Waals surface area contributed by atoms with Crippen LogP contribution in [-0.4, -0.2) is 38.1 Å². The van der Waals surface area contributed by atoms with Gasteiger partial charge in [-0.25, -0.2) is 9.67 Å². The Hall–Kier alpha value is -0.610. The summed E-state index contributed by atoms with van der Waals surface area (Å²) in [5.74, 6) is 1.59. The van der Waals surface area contributed by atoms with E-state index >= 15 is 0 Å². The van der Waals surface area contributed by atoms with Crippen LogP contribution < -0.4 is 0 Å². The molecule has 0 saturated heterocycles. The van der Waals surface area contributed by atoms with Gasteiger partial charge in [0.2, 0.25) is 0 Å². The van der Waals surface area contributed by atoms with Crippen LogP contribution in [0.15, 0.2) is 6.33 Å². The van der Waals surface area contributed by atoms with E-state index in [0.29, 0.717) is 5.88 Å². The first-order valence-electron chi connectivity index (χ1n) is 5.15. The molecule has 15 heavy (non-hydrogen) atoms. The Kier molecular flexibility index (Phi) is 4.11. The first kappa shape index (κ1) is 12.5. The third kappa shape index (κ3) is 2.92. The second-order valence-corrected chi connectivity index (χ2v) is 4.56.